The van der Waals surface area contributed by atoms with Gasteiger partial charge in [0.05, 0.1) is 5.92 Å². The number of hydrogen-bond acceptors (Lipinski definition) is 1. The first kappa shape index (κ1) is 10.5. The molecule has 0 aromatic heterocycles. The van der Waals surface area contributed by atoms with Crippen molar-refractivity contribution in [3.63, 3.8) is 0 Å². The van der Waals surface area contributed by atoms with Crippen molar-refractivity contribution in [3.05, 3.63) is 0 Å². The van der Waals surface area contributed by atoms with E-state index in [9.17, 15) is 4.79 Å². The highest BCUT2D eigenvalue weighted by atomic mass is 16.4. The van der Waals surface area contributed by atoms with Gasteiger partial charge >= 0.3 is 5.97 Å². The summed E-state index contributed by atoms with van der Waals surface area (Å²) >= 11 is 0. The molecule has 2 atom stereocenters. The van der Waals surface area contributed by atoms with E-state index in [1.54, 1.807) is 6.92 Å². The molecule has 0 heterocycles. The Morgan fingerprint density at radius 2 is 1.64 bits per heavy atom. The molecule has 0 aromatic rings. The molecule has 11 heavy (non-hydrogen) atoms. The first-order valence-corrected chi connectivity index (χ1v) is 3.99. The molecule has 0 aliphatic rings. The monoisotopic (exact) mass is 158 g/mol. The van der Waals surface area contributed by atoms with Crippen LogP contribution in [0.1, 0.15) is 34.6 Å². The molecule has 0 unspecified atom stereocenters. The second-order valence-electron chi connectivity index (χ2n) is 4.28. The summed E-state index contributed by atoms with van der Waals surface area (Å²) in [6, 6.07) is 0. The zero-order valence-corrected chi connectivity index (χ0v) is 8.01. The number of rotatable bonds is 2. The van der Waals surface area contributed by atoms with Crippen molar-refractivity contribution in [3.8, 4) is 0 Å². The predicted octanol–water partition coefficient (Wildman–Crippen LogP) is 2.39. The summed E-state index contributed by atoms with van der Waals surface area (Å²) in [5.41, 5.74) is 0.0812. The molecule has 0 saturated heterocycles. The number of carbonyl (C=O) groups is 1. The molecule has 0 aromatic carbocycles. The molecule has 0 aliphatic carbocycles. The Hall–Kier alpha value is -0.530. The molecule has 0 fully saturated rings. The van der Waals surface area contributed by atoms with Gasteiger partial charge in [-0.3, -0.25) is 4.79 Å². The average molecular weight is 158 g/mol. The van der Waals surface area contributed by atoms with Gasteiger partial charge in [-0.05, 0) is 11.3 Å². The zero-order valence-electron chi connectivity index (χ0n) is 8.01. The fourth-order valence-electron chi connectivity index (χ4n) is 0.964. The average Bonchev–Trinajstić information content (AvgIpc) is 1.82. The van der Waals surface area contributed by atoms with Gasteiger partial charge in [-0.25, -0.2) is 0 Å². The van der Waals surface area contributed by atoms with Gasteiger partial charge in [0.15, 0.2) is 0 Å². The Morgan fingerprint density at radius 3 is 1.73 bits per heavy atom. The Balaban J connectivity index is 4.25. The second-order valence-corrected chi connectivity index (χ2v) is 4.28. The van der Waals surface area contributed by atoms with Crippen molar-refractivity contribution >= 4 is 5.97 Å². The normalized spacial score (nSPS) is 17.5. The first-order chi connectivity index (χ1) is 4.76. The second kappa shape index (κ2) is 3.24. The smallest absolute Gasteiger partial charge is 0.306 e. The zero-order chi connectivity index (χ0) is 9.23. The van der Waals surface area contributed by atoms with Crippen LogP contribution in [0.5, 0.6) is 0 Å². The minimum atomic E-state index is -0.701. The summed E-state index contributed by atoms with van der Waals surface area (Å²) in [6.45, 7) is 9.95. The van der Waals surface area contributed by atoms with Crippen LogP contribution in [0.15, 0.2) is 0 Å². The van der Waals surface area contributed by atoms with Crippen molar-refractivity contribution in [2.24, 2.45) is 17.3 Å². The van der Waals surface area contributed by atoms with Gasteiger partial charge in [0.1, 0.15) is 0 Å². The minimum Gasteiger partial charge on any atom is -0.481 e. The van der Waals surface area contributed by atoms with Crippen LogP contribution in [0, 0.1) is 17.3 Å². The van der Waals surface area contributed by atoms with Gasteiger partial charge in [-0.1, -0.05) is 34.6 Å². The molecule has 0 bridgehead atoms. The summed E-state index contributed by atoms with van der Waals surface area (Å²) in [5.74, 6) is -0.748. The van der Waals surface area contributed by atoms with Gasteiger partial charge in [-0.2, -0.15) is 0 Å². The Labute approximate surface area is 68.6 Å². The summed E-state index contributed by atoms with van der Waals surface area (Å²) < 4.78 is 0. The fourth-order valence-corrected chi connectivity index (χ4v) is 0.964. The molecule has 0 spiro atoms. The molecular formula is C9H18O2. The number of aliphatic carboxylic acids is 1. The fraction of sp³-hybridized carbons (Fsp3) is 0.889. The van der Waals surface area contributed by atoms with E-state index >= 15 is 0 Å². The van der Waals surface area contributed by atoms with Gasteiger partial charge in [-0.15, -0.1) is 0 Å². The maximum Gasteiger partial charge on any atom is 0.306 e. The van der Waals surface area contributed by atoms with Crippen molar-refractivity contribution in [2.75, 3.05) is 0 Å². The maximum atomic E-state index is 10.6. The lowest BCUT2D eigenvalue weighted by atomic mass is 9.75. The van der Waals surface area contributed by atoms with E-state index in [4.69, 9.17) is 5.11 Å². The molecular weight excluding hydrogens is 140 g/mol. The largest absolute Gasteiger partial charge is 0.481 e. The SMILES string of the molecule is C[C@@H](C(=O)O)[C@H](C)C(C)(C)C. The van der Waals surface area contributed by atoms with Crippen molar-refractivity contribution < 1.29 is 9.90 Å². The van der Waals surface area contributed by atoms with E-state index in [-0.39, 0.29) is 17.3 Å². The number of carboxylic acids is 1. The molecule has 66 valence electrons. The summed E-state index contributed by atoms with van der Waals surface area (Å²) in [4.78, 5) is 10.6. The molecule has 0 saturated carbocycles. The van der Waals surface area contributed by atoms with Gasteiger partial charge in [0.2, 0.25) is 0 Å². The van der Waals surface area contributed by atoms with Crippen molar-refractivity contribution in [2.45, 2.75) is 34.6 Å². The lowest BCUT2D eigenvalue weighted by Gasteiger charge is -2.30. The van der Waals surface area contributed by atoms with Crippen LogP contribution >= 0.6 is 0 Å². The Bertz CT molecular complexity index is 144. The van der Waals surface area contributed by atoms with E-state index in [1.807, 2.05) is 6.92 Å². The summed E-state index contributed by atoms with van der Waals surface area (Å²) in [6.07, 6.45) is 0. The quantitative estimate of drug-likeness (QED) is 0.670. The van der Waals surface area contributed by atoms with Crippen molar-refractivity contribution in [1.29, 1.82) is 0 Å². The Morgan fingerprint density at radius 1 is 1.27 bits per heavy atom. The third kappa shape index (κ3) is 2.91. The van der Waals surface area contributed by atoms with Crippen LogP contribution in [0.25, 0.3) is 0 Å². The summed E-state index contributed by atoms with van der Waals surface area (Å²) in [5, 5.41) is 8.72. The van der Waals surface area contributed by atoms with Gasteiger partial charge < -0.3 is 5.11 Å². The molecule has 1 N–H and O–H groups in total. The molecule has 0 amide bonds. The molecule has 0 radical (unpaired) electrons. The minimum absolute atomic E-state index is 0.0812. The predicted molar refractivity (Wildman–Crippen MR) is 45.4 cm³/mol. The number of hydrogen-bond donors (Lipinski definition) is 1. The van der Waals surface area contributed by atoms with Gasteiger partial charge in [0, 0.05) is 0 Å². The Kier molecular flexibility index (Phi) is 3.09. The highest BCUT2D eigenvalue weighted by molar-refractivity contribution is 5.69. The first-order valence-electron chi connectivity index (χ1n) is 3.99. The highest BCUT2D eigenvalue weighted by Gasteiger charge is 2.29. The molecule has 0 aliphatic heterocycles. The van der Waals surface area contributed by atoms with Crippen LogP contribution in [0.2, 0.25) is 0 Å². The van der Waals surface area contributed by atoms with Gasteiger partial charge in [0.25, 0.3) is 0 Å². The van der Waals surface area contributed by atoms with Crippen LogP contribution < -0.4 is 0 Å². The summed E-state index contributed by atoms with van der Waals surface area (Å²) in [7, 11) is 0. The van der Waals surface area contributed by atoms with Crippen LogP contribution in [-0.4, -0.2) is 11.1 Å². The highest BCUT2D eigenvalue weighted by Crippen LogP contribution is 2.31. The maximum absolute atomic E-state index is 10.6. The van der Waals surface area contributed by atoms with E-state index < -0.39 is 5.97 Å². The van der Waals surface area contributed by atoms with E-state index in [1.165, 1.54) is 0 Å². The standard InChI is InChI=1S/C9H18O2/c1-6(8(10)11)7(2)9(3,4)5/h6-7H,1-5H3,(H,10,11)/t6-,7+/m1/s1. The third-order valence-electron chi connectivity index (χ3n) is 2.51. The lowest BCUT2D eigenvalue weighted by Crippen LogP contribution is -2.28. The lowest BCUT2D eigenvalue weighted by molar-refractivity contribution is -0.144. The molecule has 2 nitrogen and oxygen atoms in total. The topological polar surface area (TPSA) is 37.3 Å². The van der Waals surface area contributed by atoms with Crippen molar-refractivity contribution in [1.82, 2.24) is 0 Å². The van der Waals surface area contributed by atoms with Crippen LogP contribution in [0.3, 0.4) is 0 Å². The van der Waals surface area contributed by atoms with E-state index in [2.05, 4.69) is 20.8 Å². The van der Waals surface area contributed by atoms with E-state index in [0.29, 0.717) is 0 Å². The van der Waals surface area contributed by atoms with Crippen LogP contribution in [0.4, 0.5) is 0 Å². The number of carboxylic acid groups (broad SMARTS) is 1. The van der Waals surface area contributed by atoms with Crippen LogP contribution in [-0.2, 0) is 4.79 Å². The van der Waals surface area contributed by atoms with E-state index in [0.717, 1.165) is 0 Å². The third-order valence-corrected chi connectivity index (χ3v) is 2.51. The molecule has 2 heteroatoms. The molecule has 0 rings (SSSR count).